The van der Waals surface area contributed by atoms with Crippen molar-refractivity contribution in [1.29, 1.82) is 0 Å². The van der Waals surface area contributed by atoms with Crippen molar-refractivity contribution >= 4 is 0 Å². The molecule has 0 aliphatic rings. The summed E-state index contributed by atoms with van der Waals surface area (Å²) in [7, 11) is 1.82. The van der Waals surface area contributed by atoms with Crippen LogP contribution in [0.1, 0.15) is 31.9 Å². The molecule has 0 amide bonds. The molecule has 1 heterocycles. The minimum Gasteiger partial charge on any atom is -0.423 e. The molecule has 19 heavy (non-hydrogen) atoms. The number of benzene rings is 1. The minimum absolute atomic E-state index is 0.282. The van der Waals surface area contributed by atoms with E-state index in [1.165, 1.54) is 0 Å². The van der Waals surface area contributed by atoms with Gasteiger partial charge < -0.3 is 10.1 Å². The Bertz CT molecular complexity index is 524. The van der Waals surface area contributed by atoms with Gasteiger partial charge in [-0.1, -0.05) is 32.0 Å². The average Bonchev–Trinajstić information content (AvgIpc) is 2.82. The highest BCUT2D eigenvalue weighted by molar-refractivity contribution is 5.37. The first-order chi connectivity index (χ1) is 9.24. The topological polar surface area (TPSA) is 52.0 Å². The quantitative estimate of drug-likeness (QED) is 0.867. The van der Waals surface area contributed by atoms with E-state index in [1.807, 2.05) is 25.2 Å². The van der Waals surface area contributed by atoms with Crippen molar-refractivity contribution in [2.75, 3.05) is 6.54 Å². The molecule has 1 atom stereocenters. The maximum Gasteiger partial charge on any atom is 0.340 e. The normalized spacial score (nSPS) is 12.4. The number of nitrogens with one attached hydrogen (secondary N) is 1. The Morgan fingerprint density at radius 2 is 2.11 bits per heavy atom. The van der Waals surface area contributed by atoms with Gasteiger partial charge in [0.2, 0.25) is 0 Å². The van der Waals surface area contributed by atoms with E-state index in [0.29, 0.717) is 6.01 Å². The molecule has 0 saturated heterocycles. The zero-order chi connectivity index (χ0) is 13.7. The number of para-hydroxylation sites is 1. The molecule has 1 unspecified atom stereocenters. The molecule has 5 heteroatoms. The third-order valence-corrected chi connectivity index (χ3v) is 2.93. The van der Waals surface area contributed by atoms with Crippen molar-refractivity contribution in [3.05, 3.63) is 36.2 Å². The third-order valence-electron chi connectivity index (χ3n) is 2.93. The van der Waals surface area contributed by atoms with Crippen LogP contribution in [0.3, 0.4) is 0 Å². The highest BCUT2D eigenvalue weighted by Gasteiger charge is 2.14. The standard InChI is InChI=1S/C14H20N4O/c1-4-12(15-5-2)11-8-6-7-9-13(11)19-14-16-10-18(3)17-14/h6-10,12,15H,4-5H2,1-3H3. The van der Waals surface area contributed by atoms with Gasteiger partial charge >= 0.3 is 6.01 Å². The van der Waals surface area contributed by atoms with Gasteiger partial charge in [-0.05, 0) is 19.0 Å². The number of aromatic nitrogens is 3. The number of hydrogen-bond donors (Lipinski definition) is 1. The van der Waals surface area contributed by atoms with Crippen LogP contribution >= 0.6 is 0 Å². The number of rotatable bonds is 6. The summed E-state index contributed by atoms with van der Waals surface area (Å²) >= 11 is 0. The lowest BCUT2D eigenvalue weighted by molar-refractivity contribution is 0.420. The maximum atomic E-state index is 5.78. The summed E-state index contributed by atoms with van der Waals surface area (Å²) in [4.78, 5) is 4.09. The second-order valence-electron chi connectivity index (χ2n) is 4.36. The highest BCUT2D eigenvalue weighted by Crippen LogP contribution is 2.29. The van der Waals surface area contributed by atoms with E-state index in [2.05, 4.69) is 35.3 Å². The first-order valence-electron chi connectivity index (χ1n) is 6.60. The molecular formula is C14H20N4O. The second kappa shape index (κ2) is 6.33. The summed E-state index contributed by atoms with van der Waals surface area (Å²) in [6.45, 7) is 5.18. The third kappa shape index (κ3) is 3.32. The fourth-order valence-electron chi connectivity index (χ4n) is 2.05. The van der Waals surface area contributed by atoms with Crippen LogP contribution in [-0.4, -0.2) is 21.3 Å². The van der Waals surface area contributed by atoms with Crippen molar-refractivity contribution in [1.82, 2.24) is 20.1 Å². The van der Waals surface area contributed by atoms with Gasteiger partial charge in [0.05, 0.1) is 0 Å². The van der Waals surface area contributed by atoms with Gasteiger partial charge in [-0.15, -0.1) is 5.10 Å². The van der Waals surface area contributed by atoms with Gasteiger partial charge in [0.15, 0.2) is 0 Å². The highest BCUT2D eigenvalue weighted by atomic mass is 16.5. The van der Waals surface area contributed by atoms with E-state index in [9.17, 15) is 0 Å². The Kier molecular flexibility index (Phi) is 4.52. The summed E-state index contributed by atoms with van der Waals surface area (Å²) in [5.74, 6) is 0.807. The zero-order valence-corrected chi connectivity index (χ0v) is 11.6. The Balaban J connectivity index is 2.24. The average molecular weight is 260 g/mol. The summed E-state index contributed by atoms with van der Waals surface area (Å²) < 4.78 is 7.40. The first kappa shape index (κ1) is 13.5. The smallest absolute Gasteiger partial charge is 0.340 e. The van der Waals surface area contributed by atoms with Gasteiger partial charge in [0.1, 0.15) is 12.1 Å². The molecule has 2 rings (SSSR count). The molecule has 0 fully saturated rings. The van der Waals surface area contributed by atoms with E-state index in [1.54, 1.807) is 11.0 Å². The monoisotopic (exact) mass is 260 g/mol. The van der Waals surface area contributed by atoms with Crippen molar-refractivity contribution in [2.45, 2.75) is 26.3 Å². The molecule has 0 saturated carbocycles. The predicted molar refractivity (Wildman–Crippen MR) is 74.2 cm³/mol. The molecule has 0 bridgehead atoms. The summed E-state index contributed by atoms with van der Waals surface area (Å²) in [6, 6.07) is 8.67. The number of hydrogen-bond acceptors (Lipinski definition) is 4. The molecule has 0 spiro atoms. The maximum absolute atomic E-state index is 5.78. The minimum atomic E-state index is 0.282. The summed E-state index contributed by atoms with van der Waals surface area (Å²) in [6.07, 6.45) is 2.63. The van der Waals surface area contributed by atoms with E-state index in [0.717, 1.165) is 24.3 Å². The van der Waals surface area contributed by atoms with Crippen LogP contribution in [0.25, 0.3) is 0 Å². The van der Waals surface area contributed by atoms with E-state index < -0.39 is 0 Å². The molecule has 0 aliphatic carbocycles. The molecule has 0 aliphatic heterocycles. The lowest BCUT2D eigenvalue weighted by Crippen LogP contribution is -2.20. The van der Waals surface area contributed by atoms with Crippen LogP contribution in [0.2, 0.25) is 0 Å². The predicted octanol–water partition coefficient (Wildman–Crippen LogP) is 2.67. The van der Waals surface area contributed by atoms with Crippen molar-refractivity contribution in [3.63, 3.8) is 0 Å². The van der Waals surface area contributed by atoms with Gasteiger partial charge in [0, 0.05) is 18.7 Å². The Morgan fingerprint density at radius 3 is 2.74 bits per heavy atom. The second-order valence-corrected chi connectivity index (χ2v) is 4.36. The van der Waals surface area contributed by atoms with Crippen LogP contribution in [0.5, 0.6) is 11.8 Å². The zero-order valence-electron chi connectivity index (χ0n) is 11.6. The Hall–Kier alpha value is -1.88. The molecule has 102 valence electrons. The SMILES string of the molecule is CCNC(CC)c1ccccc1Oc1ncn(C)n1. The Labute approximate surface area is 113 Å². The van der Waals surface area contributed by atoms with Crippen LogP contribution in [0.15, 0.2) is 30.6 Å². The van der Waals surface area contributed by atoms with E-state index >= 15 is 0 Å². The fourth-order valence-corrected chi connectivity index (χ4v) is 2.05. The van der Waals surface area contributed by atoms with Crippen molar-refractivity contribution in [3.8, 4) is 11.8 Å². The molecule has 1 aromatic heterocycles. The fraction of sp³-hybridized carbons (Fsp3) is 0.429. The van der Waals surface area contributed by atoms with Crippen molar-refractivity contribution < 1.29 is 4.74 Å². The number of ether oxygens (including phenoxy) is 1. The number of aryl methyl sites for hydroxylation is 1. The molecule has 5 nitrogen and oxygen atoms in total. The van der Waals surface area contributed by atoms with Crippen LogP contribution in [0, 0.1) is 0 Å². The van der Waals surface area contributed by atoms with Gasteiger partial charge in [-0.2, -0.15) is 4.98 Å². The lowest BCUT2D eigenvalue weighted by atomic mass is 10.0. The number of nitrogens with zero attached hydrogens (tertiary/aromatic N) is 3. The van der Waals surface area contributed by atoms with Crippen LogP contribution in [-0.2, 0) is 7.05 Å². The lowest BCUT2D eigenvalue weighted by Gasteiger charge is -2.18. The Morgan fingerprint density at radius 1 is 1.32 bits per heavy atom. The van der Waals surface area contributed by atoms with Gasteiger partial charge in [-0.3, -0.25) is 4.68 Å². The van der Waals surface area contributed by atoms with Crippen molar-refractivity contribution in [2.24, 2.45) is 7.05 Å². The first-order valence-corrected chi connectivity index (χ1v) is 6.60. The van der Waals surface area contributed by atoms with Crippen LogP contribution < -0.4 is 10.1 Å². The largest absolute Gasteiger partial charge is 0.423 e. The molecule has 0 radical (unpaired) electrons. The summed E-state index contributed by atoms with van der Waals surface area (Å²) in [5, 5.41) is 7.60. The summed E-state index contributed by atoms with van der Waals surface area (Å²) in [5.41, 5.74) is 1.14. The van der Waals surface area contributed by atoms with E-state index in [4.69, 9.17) is 4.74 Å². The van der Waals surface area contributed by atoms with Gasteiger partial charge in [0.25, 0.3) is 0 Å². The molecular weight excluding hydrogens is 240 g/mol. The molecule has 2 aromatic rings. The van der Waals surface area contributed by atoms with Gasteiger partial charge in [-0.25, -0.2) is 0 Å². The molecule has 1 N–H and O–H groups in total. The van der Waals surface area contributed by atoms with Crippen LogP contribution in [0.4, 0.5) is 0 Å². The van der Waals surface area contributed by atoms with E-state index in [-0.39, 0.29) is 6.04 Å². The molecule has 1 aromatic carbocycles.